The highest BCUT2D eigenvalue weighted by atomic mass is 19.1. The quantitative estimate of drug-likeness (QED) is 0.375. The summed E-state index contributed by atoms with van der Waals surface area (Å²) in [5.41, 5.74) is 5.68. The number of Topliss-reactive ketones (excluding diaryl/α,β-unsaturated/α-hetero) is 1. The number of carbonyl (C=O) groups excluding carboxylic acids is 2. The van der Waals surface area contributed by atoms with E-state index in [2.05, 4.69) is 16.4 Å². The summed E-state index contributed by atoms with van der Waals surface area (Å²) in [7, 11) is 0. The van der Waals surface area contributed by atoms with Gasteiger partial charge in [-0.1, -0.05) is 12.1 Å². The number of morpholine rings is 1. The fraction of sp³-hybridized carbons (Fsp3) is 0.406. The van der Waals surface area contributed by atoms with Crippen LogP contribution >= 0.6 is 0 Å². The molecule has 40 heavy (non-hydrogen) atoms. The van der Waals surface area contributed by atoms with Crippen LogP contribution in [-0.4, -0.2) is 62.2 Å². The lowest BCUT2D eigenvalue weighted by Gasteiger charge is -2.29. The number of hydrogen-bond acceptors (Lipinski definition) is 6. The normalized spacial score (nSPS) is 16.1. The second kappa shape index (κ2) is 13.2. The molecular formula is C32H36FN3O4. The molecule has 0 aliphatic carbocycles. The van der Waals surface area contributed by atoms with Crippen molar-refractivity contribution in [2.24, 2.45) is 0 Å². The molecule has 0 unspecified atom stereocenters. The number of rotatable bonds is 9. The highest BCUT2D eigenvalue weighted by molar-refractivity contribution is 5.97. The van der Waals surface area contributed by atoms with Crippen molar-refractivity contribution in [2.75, 3.05) is 44.4 Å². The van der Waals surface area contributed by atoms with Crippen LogP contribution in [-0.2, 0) is 15.9 Å². The minimum Gasteiger partial charge on any atom is -0.381 e. The molecule has 3 heterocycles. The highest BCUT2D eigenvalue weighted by Crippen LogP contribution is 2.25. The van der Waals surface area contributed by atoms with Crippen molar-refractivity contribution in [3.8, 4) is 11.1 Å². The summed E-state index contributed by atoms with van der Waals surface area (Å²) in [6, 6.07) is 14.4. The van der Waals surface area contributed by atoms with Crippen LogP contribution in [0.15, 0.2) is 54.7 Å². The second-order valence-electron chi connectivity index (χ2n) is 10.5. The molecule has 1 N–H and O–H groups in total. The third-order valence-corrected chi connectivity index (χ3v) is 7.61. The molecule has 7 nitrogen and oxygen atoms in total. The molecule has 3 aromatic rings. The molecule has 2 aromatic carbocycles. The maximum absolute atomic E-state index is 14.3. The van der Waals surface area contributed by atoms with Gasteiger partial charge in [0, 0.05) is 73.0 Å². The van der Waals surface area contributed by atoms with Crippen molar-refractivity contribution in [3.05, 3.63) is 82.9 Å². The molecule has 5 rings (SSSR count). The Balaban J connectivity index is 1.19. The Labute approximate surface area is 234 Å². The average Bonchev–Trinajstić information content (AvgIpc) is 2.98. The highest BCUT2D eigenvalue weighted by Gasteiger charge is 2.18. The number of benzene rings is 2. The first kappa shape index (κ1) is 27.9. The summed E-state index contributed by atoms with van der Waals surface area (Å²) in [5, 5.41) is 3.09. The molecular weight excluding hydrogens is 509 g/mol. The lowest BCUT2D eigenvalue weighted by atomic mass is 9.98. The Morgan fingerprint density at radius 3 is 2.45 bits per heavy atom. The number of aromatic nitrogens is 1. The second-order valence-corrected chi connectivity index (χ2v) is 10.5. The van der Waals surface area contributed by atoms with Gasteiger partial charge in [-0.2, -0.15) is 0 Å². The van der Waals surface area contributed by atoms with Gasteiger partial charge in [0.15, 0.2) is 5.78 Å². The van der Waals surface area contributed by atoms with E-state index in [4.69, 9.17) is 9.47 Å². The van der Waals surface area contributed by atoms with Gasteiger partial charge in [-0.05, 0) is 80.1 Å². The Bertz CT molecular complexity index is 1330. The van der Waals surface area contributed by atoms with E-state index in [1.54, 1.807) is 6.07 Å². The summed E-state index contributed by atoms with van der Waals surface area (Å²) >= 11 is 0. The summed E-state index contributed by atoms with van der Waals surface area (Å²) in [4.78, 5) is 32.2. The Morgan fingerprint density at radius 1 is 0.975 bits per heavy atom. The van der Waals surface area contributed by atoms with E-state index in [0.29, 0.717) is 69.9 Å². The van der Waals surface area contributed by atoms with Gasteiger partial charge < -0.3 is 19.7 Å². The zero-order valence-electron chi connectivity index (χ0n) is 23.0. The fourth-order valence-corrected chi connectivity index (χ4v) is 5.25. The minimum absolute atomic E-state index is 0.0658. The maximum atomic E-state index is 14.3. The van der Waals surface area contributed by atoms with Crippen molar-refractivity contribution >= 4 is 17.4 Å². The number of carbonyl (C=O) groups is 2. The van der Waals surface area contributed by atoms with Crippen LogP contribution < -0.4 is 10.2 Å². The molecule has 0 bridgehead atoms. The summed E-state index contributed by atoms with van der Waals surface area (Å²) in [6.45, 7) is 5.90. The van der Waals surface area contributed by atoms with E-state index in [1.165, 1.54) is 12.1 Å². The van der Waals surface area contributed by atoms with Crippen LogP contribution in [0.2, 0.25) is 0 Å². The number of amides is 1. The van der Waals surface area contributed by atoms with Crippen molar-refractivity contribution < 1.29 is 23.5 Å². The number of aryl methyl sites for hydroxylation is 2. The van der Waals surface area contributed by atoms with Gasteiger partial charge >= 0.3 is 0 Å². The number of pyridine rings is 1. The molecule has 2 aliphatic heterocycles. The van der Waals surface area contributed by atoms with E-state index in [0.717, 1.165) is 40.9 Å². The molecule has 2 aliphatic rings. The third-order valence-electron chi connectivity index (χ3n) is 7.61. The molecule has 210 valence electrons. The molecule has 0 atom stereocenters. The molecule has 2 saturated heterocycles. The number of ether oxygens (including phenoxy) is 2. The van der Waals surface area contributed by atoms with Gasteiger partial charge in [0.05, 0.1) is 13.2 Å². The monoisotopic (exact) mass is 545 g/mol. The maximum Gasteiger partial charge on any atom is 0.251 e. The van der Waals surface area contributed by atoms with E-state index in [1.807, 2.05) is 42.3 Å². The van der Waals surface area contributed by atoms with Gasteiger partial charge in [0.2, 0.25) is 0 Å². The van der Waals surface area contributed by atoms with Crippen LogP contribution in [0.4, 0.5) is 10.1 Å². The number of nitrogens with zero attached hydrogens (tertiary/aromatic N) is 2. The van der Waals surface area contributed by atoms with Crippen LogP contribution in [0, 0.1) is 12.7 Å². The first-order valence-corrected chi connectivity index (χ1v) is 14.1. The van der Waals surface area contributed by atoms with Crippen LogP contribution in [0.1, 0.15) is 57.7 Å². The van der Waals surface area contributed by atoms with Gasteiger partial charge in [-0.15, -0.1) is 0 Å². The summed E-state index contributed by atoms with van der Waals surface area (Å²) < 4.78 is 25.1. The Kier molecular flexibility index (Phi) is 9.19. The number of hydrogen-bond donors (Lipinski definition) is 1. The SMILES string of the molecule is Cc1ncc(CCCC(=O)c2cc(F)cc(N3CCOCC3)c2)cc1-c1ccc(C(=O)NC2CCOCC2)cc1. The van der Waals surface area contributed by atoms with Gasteiger partial charge in [0.25, 0.3) is 5.91 Å². The standard InChI is InChI=1S/C32H36FN3O4/c1-22-30(24-5-7-25(8-6-24)32(38)35-28-9-13-39-14-10-28)17-23(21-34-22)3-2-4-31(37)26-18-27(33)20-29(19-26)36-11-15-40-16-12-36/h5-8,17-21,28H,2-4,9-16H2,1H3,(H,35,38). The van der Waals surface area contributed by atoms with Crippen LogP contribution in [0.3, 0.4) is 0 Å². The van der Waals surface area contributed by atoms with E-state index in [-0.39, 0.29) is 17.7 Å². The van der Waals surface area contributed by atoms with E-state index >= 15 is 0 Å². The molecule has 1 amide bonds. The number of nitrogens with one attached hydrogen (secondary N) is 1. The number of anilines is 1. The van der Waals surface area contributed by atoms with Crippen LogP contribution in [0.5, 0.6) is 0 Å². The largest absolute Gasteiger partial charge is 0.381 e. The lowest BCUT2D eigenvalue weighted by Crippen LogP contribution is -2.38. The smallest absolute Gasteiger partial charge is 0.251 e. The first-order chi connectivity index (χ1) is 19.5. The van der Waals surface area contributed by atoms with E-state index in [9.17, 15) is 14.0 Å². The van der Waals surface area contributed by atoms with Gasteiger partial charge in [0.1, 0.15) is 5.82 Å². The van der Waals surface area contributed by atoms with Gasteiger partial charge in [-0.3, -0.25) is 14.6 Å². The minimum atomic E-state index is -0.396. The fourth-order valence-electron chi connectivity index (χ4n) is 5.25. The molecule has 8 heteroatoms. The molecule has 2 fully saturated rings. The molecule has 1 aromatic heterocycles. The Hall–Kier alpha value is -3.62. The summed E-state index contributed by atoms with van der Waals surface area (Å²) in [6.07, 6.45) is 5.17. The zero-order valence-corrected chi connectivity index (χ0v) is 23.0. The lowest BCUT2D eigenvalue weighted by molar-refractivity contribution is 0.0696. The molecule has 0 saturated carbocycles. The zero-order chi connectivity index (χ0) is 27.9. The van der Waals surface area contributed by atoms with Crippen molar-refractivity contribution in [1.29, 1.82) is 0 Å². The first-order valence-electron chi connectivity index (χ1n) is 14.1. The predicted octanol–water partition coefficient (Wildman–Crippen LogP) is 5.15. The topological polar surface area (TPSA) is 80.8 Å². The van der Waals surface area contributed by atoms with Crippen molar-refractivity contribution in [3.63, 3.8) is 0 Å². The molecule has 0 radical (unpaired) electrons. The van der Waals surface area contributed by atoms with Gasteiger partial charge in [-0.25, -0.2) is 4.39 Å². The third kappa shape index (κ3) is 7.11. The van der Waals surface area contributed by atoms with Crippen molar-refractivity contribution in [2.45, 2.75) is 45.1 Å². The van der Waals surface area contributed by atoms with Crippen molar-refractivity contribution in [1.82, 2.24) is 10.3 Å². The van der Waals surface area contributed by atoms with Crippen LogP contribution in [0.25, 0.3) is 11.1 Å². The van der Waals surface area contributed by atoms with E-state index < -0.39 is 5.82 Å². The Morgan fingerprint density at radius 2 is 1.70 bits per heavy atom. The molecule has 0 spiro atoms. The number of halogens is 1. The summed E-state index contributed by atoms with van der Waals surface area (Å²) in [5.74, 6) is -0.530. The predicted molar refractivity (Wildman–Crippen MR) is 152 cm³/mol. The number of ketones is 1. The average molecular weight is 546 g/mol.